The van der Waals surface area contributed by atoms with Gasteiger partial charge < -0.3 is 19.9 Å². The topological polar surface area (TPSA) is 67.8 Å². The number of carbonyl (C=O) groups is 1. The standard InChI is InChI=1S/C12H15NO4/c14-6-11-10(8-16-11)13-12(15)17-7-9-4-2-1-3-5-9/h1-5,10-11,14H,6-8H2,(H,13,15)/t10-,11+/m0/s1. The maximum absolute atomic E-state index is 11.4. The molecule has 1 aliphatic rings. The third kappa shape index (κ3) is 3.18. The predicted octanol–water partition coefficient (Wildman–Crippen LogP) is 0.672. The summed E-state index contributed by atoms with van der Waals surface area (Å²) in [4.78, 5) is 11.4. The molecule has 2 atom stereocenters. The van der Waals surface area contributed by atoms with Crippen LogP contribution in [0.2, 0.25) is 0 Å². The molecule has 2 rings (SSSR count). The van der Waals surface area contributed by atoms with Gasteiger partial charge in [-0.2, -0.15) is 0 Å². The predicted molar refractivity (Wildman–Crippen MR) is 60.4 cm³/mol. The van der Waals surface area contributed by atoms with Gasteiger partial charge in [0.05, 0.1) is 19.3 Å². The summed E-state index contributed by atoms with van der Waals surface area (Å²) in [5.41, 5.74) is 0.936. The molecule has 0 saturated carbocycles. The molecule has 1 aliphatic heterocycles. The van der Waals surface area contributed by atoms with Crippen LogP contribution in [0.1, 0.15) is 5.56 Å². The molecule has 0 aliphatic carbocycles. The Hall–Kier alpha value is -1.59. The summed E-state index contributed by atoms with van der Waals surface area (Å²) in [5.74, 6) is 0. The molecule has 2 N–H and O–H groups in total. The average Bonchev–Trinajstić information content (AvgIpc) is 2.34. The lowest BCUT2D eigenvalue weighted by atomic mass is 10.1. The highest BCUT2D eigenvalue weighted by atomic mass is 16.6. The Bertz CT molecular complexity index is 366. The normalized spacial score (nSPS) is 22.6. The van der Waals surface area contributed by atoms with Crippen molar-refractivity contribution < 1.29 is 19.4 Å². The first-order valence-electron chi connectivity index (χ1n) is 5.49. The average molecular weight is 237 g/mol. The van der Waals surface area contributed by atoms with E-state index in [2.05, 4.69) is 5.32 Å². The molecule has 5 heteroatoms. The molecule has 1 saturated heterocycles. The molecule has 1 aromatic rings. The molecule has 5 nitrogen and oxygen atoms in total. The molecule has 0 aromatic heterocycles. The second kappa shape index (κ2) is 5.65. The number of aliphatic hydroxyl groups excluding tert-OH is 1. The van der Waals surface area contributed by atoms with Crippen LogP contribution >= 0.6 is 0 Å². The van der Waals surface area contributed by atoms with Crippen LogP contribution in [-0.2, 0) is 16.1 Å². The first-order valence-corrected chi connectivity index (χ1v) is 5.49. The molecular formula is C12H15NO4. The quantitative estimate of drug-likeness (QED) is 0.807. The monoisotopic (exact) mass is 237 g/mol. The van der Waals surface area contributed by atoms with Gasteiger partial charge in [-0.3, -0.25) is 0 Å². The first kappa shape index (κ1) is 11.9. The van der Waals surface area contributed by atoms with Crippen molar-refractivity contribution in [3.05, 3.63) is 35.9 Å². The Labute approximate surface area is 99.3 Å². The van der Waals surface area contributed by atoms with Crippen molar-refractivity contribution in [1.29, 1.82) is 0 Å². The summed E-state index contributed by atoms with van der Waals surface area (Å²) < 4.78 is 10.1. The van der Waals surface area contributed by atoms with Crippen molar-refractivity contribution in [2.45, 2.75) is 18.8 Å². The molecule has 1 heterocycles. The van der Waals surface area contributed by atoms with Crippen molar-refractivity contribution in [1.82, 2.24) is 5.32 Å². The lowest BCUT2D eigenvalue weighted by Gasteiger charge is -2.35. The Balaban J connectivity index is 1.71. The largest absolute Gasteiger partial charge is 0.445 e. The van der Waals surface area contributed by atoms with E-state index < -0.39 is 6.09 Å². The SMILES string of the molecule is O=C(N[C@H]1CO[C@@H]1CO)OCc1ccccc1. The number of hydrogen-bond acceptors (Lipinski definition) is 4. The Morgan fingerprint density at radius 2 is 2.24 bits per heavy atom. The van der Waals surface area contributed by atoms with Gasteiger partial charge in [-0.05, 0) is 5.56 Å². The number of rotatable bonds is 4. The van der Waals surface area contributed by atoms with Crippen LogP contribution in [-0.4, -0.2) is 36.6 Å². The zero-order valence-corrected chi connectivity index (χ0v) is 9.33. The smallest absolute Gasteiger partial charge is 0.407 e. The number of nitrogens with one attached hydrogen (secondary N) is 1. The Morgan fingerprint density at radius 1 is 1.47 bits per heavy atom. The van der Waals surface area contributed by atoms with E-state index >= 15 is 0 Å². The number of aliphatic hydroxyl groups is 1. The van der Waals surface area contributed by atoms with Gasteiger partial charge in [0.25, 0.3) is 0 Å². The van der Waals surface area contributed by atoms with Crippen LogP contribution in [0.3, 0.4) is 0 Å². The summed E-state index contributed by atoms with van der Waals surface area (Å²) in [6, 6.07) is 9.30. The van der Waals surface area contributed by atoms with Crippen LogP contribution in [0.4, 0.5) is 4.79 Å². The summed E-state index contributed by atoms with van der Waals surface area (Å²) in [7, 11) is 0. The van der Waals surface area contributed by atoms with Crippen LogP contribution < -0.4 is 5.32 Å². The number of alkyl carbamates (subject to hydrolysis) is 1. The van der Waals surface area contributed by atoms with Crippen molar-refractivity contribution >= 4 is 6.09 Å². The molecule has 1 amide bonds. The highest BCUT2D eigenvalue weighted by molar-refractivity contribution is 5.67. The van der Waals surface area contributed by atoms with E-state index in [-0.39, 0.29) is 25.4 Å². The van der Waals surface area contributed by atoms with Gasteiger partial charge >= 0.3 is 6.09 Å². The molecule has 0 bridgehead atoms. The third-order valence-electron chi connectivity index (χ3n) is 2.63. The van der Waals surface area contributed by atoms with Gasteiger partial charge in [-0.15, -0.1) is 0 Å². The maximum atomic E-state index is 11.4. The molecule has 0 spiro atoms. The van der Waals surface area contributed by atoms with Crippen molar-refractivity contribution in [3.63, 3.8) is 0 Å². The van der Waals surface area contributed by atoms with Gasteiger partial charge in [0.15, 0.2) is 0 Å². The second-order valence-electron chi connectivity index (χ2n) is 3.87. The van der Waals surface area contributed by atoms with E-state index in [4.69, 9.17) is 14.6 Å². The van der Waals surface area contributed by atoms with Gasteiger partial charge in [0.1, 0.15) is 12.7 Å². The summed E-state index contributed by atoms with van der Waals surface area (Å²) in [6.45, 7) is 0.569. The van der Waals surface area contributed by atoms with Crippen molar-refractivity contribution in [3.8, 4) is 0 Å². The zero-order chi connectivity index (χ0) is 12.1. The van der Waals surface area contributed by atoms with Crippen molar-refractivity contribution in [2.75, 3.05) is 13.2 Å². The molecule has 1 aromatic carbocycles. The van der Waals surface area contributed by atoms with E-state index in [1.807, 2.05) is 30.3 Å². The van der Waals surface area contributed by atoms with E-state index in [1.54, 1.807) is 0 Å². The Morgan fingerprint density at radius 3 is 2.82 bits per heavy atom. The lowest BCUT2D eigenvalue weighted by molar-refractivity contribution is -0.107. The van der Waals surface area contributed by atoms with E-state index in [0.717, 1.165) is 5.56 Å². The lowest BCUT2D eigenvalue weighted by Crippen LogP contribution is -2.57. The highest BCUT2D eigenvalue weighted by Gasteiger charge is 2.33. The summed E-state index contributed by atoms with van der Waals surface area (Å²) in [6.07, 6.45) is -0.792. The number of ether oxygens (including phenoxy) is 2. The van der Waals surface area contributed by atoms with E-state index in [1.165, 1.54) is 0 Å². The van der Waals surface area contributed by atoms with Gasteiger partial charge in [-0.1, -0.05) is 30.3 Å². The minimum Gasteiger partial charge on any atom is -0.445 e. The maximum Gasteiger partial charge on any atom is 0.407 e. The number of benzene rings is 1. The van der Waals surface area contributed by atoms with Crippen molar-refractivity contribution in [2.24, 2.45) is 0 Å². The molecule has 1 fully saturated rings. The molecule has 92 valence electrons. The minimum absolute atomic E-state index is 0.0936. The fourth-order valence-corrected chi connectivity index (χ4v) is 1.56. The van der Waals surface area contributed by atoms with E-state index in [0.29, 0.717) is 6.61 Å². The van der Waals surface area contributed by atoms with Gasteiger partial charge in [0.2, 0.25) is 0 Å². The second-order valence-corrected chi connectivity index (χ2v) is 3.87. The van der Waals surface area contributed by atoms with E-state index in [9.17, 15) is 4.79 Å². The number of carbonyl (C=O) groups excluding carboxylic acids is 1. The molecular weight excluding hydrogens is 222 g/mol. The van der Waals surface area contributed by atoms with Crippen LogP contribution in [0.5, 0.6) is 0 Å². The summed E-state index contributed by atoms with van der Waals surface area (Å²) >= 11 is 0. The van der Waals surface area contributed by atoms with Crippen LogP contribution in [0, 0.1) is 0 Å². The fourth-order valence-electron chi connectivity index (χ4n) is 1.56. The number of amides is 1. The highest BCUT2D eigenvalue weighted by Crippen LogP contribution is 2.11. The molecule has 0 unspecified atom stereocenters. The van der Waals surface area contributed by atoms with Crippen LogP contribution in [0.15, 0.2) is 30.3 Å². The fraction of sp³-hybridized carbons (Fsp3) is 0.417. The third-order valence-corrected chi connectivity index (χ3v) is 2.63. The zero-order valence-electron chi connectivity index (χ0n) is 9.33. The minimum atomic E-state index is -0.486. The van der Waals surface area contributed by atoms with Gasteiger partial charge in [-0.25, -0.2) is 4.79 Å². The first-order chi connectivity index (χ1) is 8.29. The van der Waals surface area contributed by atoms with Crippen LogP contribution in [0.25, 0.3) is 0 Å². The molecule has 0 radical (unpaired) electrons. The Kier molecular flexibility index (Phi) is 3.95. The van der Waals surface area contributed by atoms with Gasteiger partial charge in [0, 0.05) is 0 Å². The number of hydrogen-bond donors (Lipinski definition) is 2. The molecule has 17 heavy (non-hydrogen) atoms. The summed E-state index contributed by atoms with van der Waals surface area (Å²) in [5, 5.41) is 11.5.